The Morgan fingerprint density at radius 3 is 2.50 bits per heavy atom. The fraction of sp³-hybridized carbons (Fsp3) is 0.357. The van der Waals surface area contributed by atoms with E-state index in [-0.39, 0.29) is 5.41 Å². The van der Waals surface area contributed by atoms with Crippen molar-refractivity contribution >= 4 is 22.4 Å². The summed E-state index contributed by atoms with van der Waals surface area (Å²) < 4.78 is 0. The number of hydrogen-bond donors (Lipinski definition) is 0. The second kappa shape index (κ2) is 3.74. The number of aryl methyl sites for hydroxylation is 1. The highest BCUT2D eigenvalue weighted by Gasteiger charge is 2.19. The van der Waals surface area contributed by atoms with Gasteiger partial charge in [0.05, 0.1) is 0 Å². The van der Waals surface area contributed by atoms with E-state index in [0.29, 0.717) is 5.15 Å². The Hall–Kier alpha value is -1.08. The van der Waals surface area contributed by atoms with Gasteiger partial charge in [0.15, 0.2) is 0 Å². The maximum Gasteiger partial charge on any atom is 0.136 e. The molecule has 0 aliphatic rings. The summed E-state index contributed by atoms with van der Waals surface area (Å²) in [5.74, 6) is 0. The third kappa shape index (κ3) is 1.80. The minimum absolute atomic E-state index is 0.0853. The van der Waals surface area contributed by atoms with Gasteiger partial charge in [-0.05, 0) is 28.9 Å². The van der Waals surface area contributed by atoms with E-state index in [0.717, 1.165) is 5.39 Å². The summed E-state index contributed by atoms with van der Waals surface area (Å²) in [7, 11) is 0. The van der Waals surface area contributed by atoms with Gasteiger partial charge in [-0.25, -0.2) is 4.98 Å². The van der Waals surface area contributed by atoms with Crippen LogP contribution in [-0.4, -0.2) is 4.98 Å². The zero-order valence-electron chi connectivity index (χ0n) is 10.1. The first kappa shape index (κ1) is 11.4. The van der Waals surface area contributed by atoms with Crippen LogP contribution in [0.3, 0.4) is 0 Å². The Morgan fingerprint density at radius 1 is 1.19 bits per heavy atom. The summed E-state index contributed by atoms with van der Waals surface area (Å²) in [5, 5.41) is 2.88. The standard InChI is InChI=1S/C14H16ClN/c1-9-6-5-7-10-12(9)11(14(2,3)4)8-16-13(10)15/h5-8H,1-4H3. The normalized spacial score (nSPS) is 12.1. The summed E-state index contributed by atoms with van der Waals surface area (Å²) >= 11 is 6.14. The summed E-state index contributed by atoms with van der Waals surface area (Å²) in [4.78, 5) is 4.28. The van der Waals surface area contributed by atoms with Crippen LogP contribution in [0.15, 0.2) is 24.4 Å². The highest BCUT2D eigenvalue weighted by molar-refractivity contribution is 6.34. The molecule has 2 aromatic rings. The van der Waals surface area contributed by atoms with Gasteiger partial charge in [0.2, 0.25) is 0 Å². The average Bonchev–Trinajstić information content (AvgIpc) is 2.18. The van der Waals surface area contributed by atoms with Gasteiger partial charge in [-0.3, -0.25) is 0 Å². The lowest BCUT2D eigenvalue weighted by atomic mass is 9.84. The lowest BCUT2D eigenvalue weighted by molar-refractivity contribution is 0.593. The Kier molecular flexibility index (Phi) is 2.67. The van der Waals surface area contributed by atoms with Crippen molar-refractivity contribution in [2.75, 3.05) is 0 Å². The summed E-state index contributed by atoms with van der Waals surface area (Å²) in [6.45, 7) is 8.71. The predicted molar refractivity (Wildman–Crippen MR) is 70.2 cm³/mol. The number of aromatic nitrogens is 1. The molecule has 0 saturated carbocycles. The molecule has 0 unspecified atom stereocenters. The van der Waals surface area contributed by atoms with Gasteiger partial charge < -0.3 is 0 Å². The molecule has 0 spiro atoms. The molecule has 0 fully saturated rings. The monoisotopic (exact) mass is 233 g/mol. The van der Waals surface area contributed by atoms with E-state index >= 15 is 0 Å². The summed E-state index contributed by atoms with van der Waals surface area (Å²) in [6, 6.07) is 6.18. The van der Waals surface area contributed by atoms with E-state index in [4.69, 9.17) is 11.6 Å². The van der Waals surface area contributed by atoms with E-state index < -0.39 is 0 Å². The van der Waals surface area contributed by atoms with Crippen molar-refractivity contribution < 1.29 is 0 Å². The lowest BCUT2D eigenvalue weighted by Gasteiger charge is -2.22. The second-order valence-corrected chi connectivity index (χ2v) is 5.57. The first-order chi connectivity index (χ1) is 7.41. The number of halogens is 1. The Morgan fingerprint density at radius 2 is 1.88 bits per heavy atom. The van der Waals surface area contributed by atoms with Gasteiger partial charge in [0.25, 0.3) is 0 Å². The quantitative estimate of drug-likeness (QED) is 0.611. The number of benzene rings is 1. The van der Waals surface area contributed by atoms with Crippen LogP contribution in [0.2, 0.25) is 5.15 Å². The van der Waals surface area contributed by atoms with Gasteiger partial charge in [-0.2, -0.15) is 0 Å². The molecule has 1 aromatic carbocycles. The molecule has 1 heterocycles. The molecule has 84 valence electrons. The molecule has 0 aliphatic carbocycles. The van der Waals surface area contributed by atoms with Crippen LogP contribution in [0.5, 0.6) is 0 Å². The number of hydrogen-bond acceptors (Lipinski definition) is 1. The van der Waals surface area contributed by atoms with E-state index in [9.17, 15) is 0 Å². The van der Waals surface area contributed by atoms with Crippen molar-refractivity contribution in [2.45, 2.75) is 33.1 Å². The molecule has 1 aromatic heterocycles. The molecule has 0 N–H and O–H groups in total. The average molecular weight is 234 g/mol. The molecule has 0 bridgehead atoms. The van der Waals surface area contributed by atoms with Crippen molar-refractivity contribution in [3.8, 4) is 0 Å². The van der Waals surface area contributed by atoms with Gasteiger partial charge in [0.1, 0.15) is 5.15 Å². The summed E-state index contributed by atoms with van der Waals surface area (Å²) in [6.07, 6.45) is 1.90. The maximum absolute atomic E-state index is 6.14. The van der Waals surface area contributed by atoms with Crippen molar-refractivity contribution in [3.05, 3.63) is 40.7 Å². The lowest BCUT2D eigenvalue weighted by Crippen LogP contribution is -2.12. The molecule has 0 aliphatic heterocycles. The van der Waals surface area contributed by atoms with Crippen molar-refractivity contribution in [1.82, 2.24) is 4.98 Å². The Balaban J connectivity index is 2.92. The number of rotatable bonds is 0. The largest absolute Gasteiger partial charge is 0.244 e. The SMILES string of the molecule is Cc1cccc2c(Cl)ncc(C(C)(C)C)c12. The van der Waals surface area contributed by atoms with Crippen LogP contribution >= 0.6 is 11.6 Å². The third-order valence-electron chi connectivity index (χ3n) is 2.88. The van der Waals surface area contributed by atoms with E-state index in [1.165, 1.54) is 16.5 Å². The van der Waals surface area contributed by atoms with E-state index in [1.807, 2.05) is 18.3 Å². The molecule has 0 amide bonds. The minimum Gasteiger partial charge on any atom is -0.244 e. The van der Waals surface area contributed by atoms with E-state index in [2.05, 4.69) is 38.7 Å². The van der Waals surface area contributed by atoms with Crippen LogP contribution in [0, 0.1) is 6.92 Å². The van der Waals surface area contributed by atoms with Gasteiger partial charge in [-0.15, -0.1) is 0 Å². The van der Waals surface area contributed by atoms with Crippen LogP contribution in [0.1, 0.15) is 31.9 Å². The highest BCUT2D eigenvalue weighted by Crippen LogP contribution is 2.33. The van der Waals surface area contributed by atoms with Crippen LogP contribution in [-0.2, 0) is 5.41 Å². The molecule has 1 nitrogen and oxygen atoms in total. The molecule has 16 heavy (non-hydrogen) atoms. The smallest absolute Gasteiger partial charge is 0.136 e. The molecule has 0 atom stereocenters. The first-order valence-electron chi connectivity index (χ1n) is 5.45. The van der Waals surface area contributed by atoms with Crippen LogP contribution in [0.4, 0.5) is 0 Å². The van der Waals surface area contributed by atoms with Crippen molar-refractivity contribution in [2.24, 2.45) is 0 Å². The first-order valence-corrected chi connectivity index (χ1v) is 5.83. The molecular weight excluding hydrogens is 218 g/mol. The number of nitrogens with zero attached hydrogens (tertiary/aromatic N) is 1. The molecule has 0 saturated heterocycles. The fourth-order valence-electron chi connectivity index (χ4n) is 2.02. The van der Waals surface area contributed by atoms with Crippen LogP contribution < -0.4 is 0 Å². The fourth-order valence-corrected chi connectivity index (χ4v) is 2.23. The zero-order chi connectivity index (χ0) is 11.9. The summed E-state index contributed by atoms with van der Waals surface area (Å²) in [5.41, 5.74) is 2.60. The molecule has 2 heteroatoms. The number of fused-ring (bicyclic) bond motifs is 1. The van der Waals surface area contributed by atoms with E-state index in [1.54, 1.807) is 0 Å². The zero-order valence-corrected chi connectivity index (χ0v) is 10.9. The maximum atomic E-state index is 6.14. The number of pyridine rings is 1. The molecular formula is C14H16ClN. The minimum atomic E-state index is 0.0853. The Labute approximate surface area is 101 Å². The second-order valence-electron chi connectivity index (χ2n) is 5.21. The topological polar surface area (TPSA) is 12.9 Å². The predicted octanol–water partition coefficient (Wildman–Crippen LogP) is 4.49. The van der Waals surface area contributed by atoms with Crippen LogP contribution in [0.25, 0.3) is 10.8 Å². The van der Waals surface area contributed by atoms with Gasteiger partial charge in [-0.1, -0.05) is 50.6 Å². The molecule has 2 rings (SSSR count). The third-order valence-corrected chi connectivity index (χ3v) is 3.18. The van der Waals surface area contributed by atoms with Gasteiger partial charge >= 0.3 is 0 Å². The highest BCUT2D eigenvalue weighted by atomic mass is 35.5. The Bertz CT molecular complexity index is 538. The van der Waals surface area contributed by atoms with Crippen molar-refractivity contribution in [3.63, 3.8) is 0 Å². The van der Waals surface area contributed by atoms with Crippen molar-refractivity contribution in [1.29, 1.82) is 0 Å². The molecule has 0 radical (unpaired) electrons. The van der Waals surface area contributed by atoms with Gasteiger partial charge in [0, 0.05) is 11.6 Å².